The highest BCUT2D eigenvalue weighted by atomic mass is 127. The lowest BCUT2D eigenvalue weighted by Crippen LogP contribution is -2.11. The third kappa shape index (κ3) is 3.31. The molecule has 0 aliphatic carbocycles. The molecule has 1 aromatic rings. The van der Waals surface area contributed by atoms with Crippen LogP contribution in [0.2, 0.25) is 0 Å². The summed E-state index contributed by atoms with van der Waals surface area (Å²) in [5.74, 6) is -1.43. The summed E-state index contributed by atoms with van der Waals surface area (Å²) in [6.45, 7) is 0. The van der Waals surface area contributed by atoms with Gasteiger partial charge in [-0.15, -0.1) is 0 Å². The minimum absolute atomic E-state index is 0.0265. The number of alkyl halides is 2. The minimum atomic E-state index is -2.88. The van der Waals surface area contributed by atoms with Gasteiger partial charge in [0.2, 0.25) is 0 Å². The van der Waals surface area contributed by atoms with E-state index >= 15 is 0 Å². The van der Waals surface area contributed by atoms with Crippen LogP contribution in [0.25, 0.3) is 0 Å². The first-order valence-corrected chi connectivity index (χ1v) is 5.63. The summed E-state index contributed by atoms with van der Waals surface area (Å²) in [7, 11) is 1.13. The summed E-state index contributed by atoms with van der Waals surface area (Å²) in [5.41, 5.74) is -0.608. The second-order valence-electron chi connectivity index (χ2n) is 3.14. The van der Waals surface area contributed by atoms with E-state index in [1.54, 1.807) is 22.6 Å². The van der Waals surface area contributed by atoms with Crippen LogP contribution in [0, 0.1) is 13.7 Å². The van der Waals surface area contributed by atoms with Gasteiger partial charge in [0.25, 0.3) is 6.43 Å². The van der Waals surface area contributed by atoms with Crippen molar-refractivity contribution in [1.29, 1.82) is 0 Å². The molecule has 0 amide bonds. The smallest absolute Gasteiger partial charge is 0.364 e. The molecule has 0 atom stereocenters. The second-order valence-corrected chi connectivity index (χ2v) is 4.22. The van der Waals surface area contributed by atoms with Gasteiger partial charge in [-0.05, 0) is 32.5 Å². The van der Waals surface area contributed by atoms with Crippen LogP contribution in [-0.2, 0) is 16.0 Å². The molecule has 18 heavy (non-hydrogen) atoms. The van der Waals surface area contributed by atoms with Crippen LogP contribution >= 0.6 is 22.6 Å². The summed E-state index contributed by atoms with van der Waals surface area (Å²) in [6.07, 6.45) is -3.27. The summed E-state index contributed by atoms with van der Waals surface area (Å²) in [6, 6.07) is 0.702. The number of pyridine rings is 1. The first-order valence-electron chi connectivity index (χ1n) is 4.55. The van der Waals surface area contributed by atoms with E-state index in [1.165, 1.54) is 0 Å². The lowest BCUT2D eigenvalue weighted by Gasteiger charge is -2.05. The Morgan fingerprint density at radius 1 is 1.67 bits per heavy atom. The number of esters is 1. The number of hydrogen-bond donors (Lipinski definition) is 0. The van der Waals surface area contributed by atoms with Crippen molar-refractivity contribution in [2.24, 2.45) is 0 Å². The van der Waals surface area contributed by atoms with Crippen LogP contribution in [0.3, 0.4) is 0 Å². The van der Waals surface area contributed by atoms with E-state index in [9.17, 15) is 23.7 Å². The highest BCUT2D eigenvalue weighted by Gasteiger charge is 2.25. The second kappa shape index (κ2) is 5.98. The highest BCUT2D eigenvalue weighted by Crippen LogP contribution is 2.29. The van der Waals surface area contributed by atoms with Gasteiger partial charge in [0.15, 0.2) is 5.69 Å². The van der Waals surface area contributed by atoms with Gasteiger partial charge in [-0.3, -0.25) is 4.79 Å². The van der Waals surface area contributed by atoms with Crippen LogP contribution in [0.5, 0.6) is 0 Å². The lowest BCUT2D eigenvalue weighted by atomic mass is 10.2. The average Bonchev–Trinajstić information content (AvgIpc) is 2.30. The number of carbonyl (C=O) groups is 1. The van der Waals surface area contributed by atoms with Gasteiger partial charge in [-0.1, -0.05) is 0 Å². The van der Waals surface area contributed by atoms with Gasteiger partial charge >= 0.3 is 11.8 Å². The molecule has 0 aliphatic rings. The number of carbonyl (C=O) groups excluding carboxylic acids is 1. The zero-order valence-corrected chi connectivity index (χ0v) is 11.2. The molecule has 0 spiro atoms. The fourth-order valence-electron chi connectivity index (χ4n) is 1.17. The third-order valence-corrected chi connectivity index (χ3v) is 3.25. The number of ether oxygens (including phenoxy) is 1. The number of rotatable bonds is 4. The van der Waals surface area contributed by atoms with E-state index in [0.29, 0.717) is 6.07 Å². The lowest BCUT2D eigenvalue weighted by molar-refractivity contribution is -0.389. The largest absolute Gasteiger partial charge is 0.469 e. The maximum absolute atomic E-state index is 12.7. The molecule has 0 unspecified atom stereocenters. The molecule has 0 N–H and O–H groups in total. The molecule has 0 radical (unpaired) electrons. The van der Waals surface area contributed by atoms with Gasteiger partial charge in [0.05, 0.1) is 10.7 Å². The zero-order valence-electron chi connectivity index (χ0n) is 9.02. The number of methoxy groups -OCH3 is 1. The Labute approximate surface area is 114 Å². The number of halogens is 3. The maximum atomic E-state index is 12.7. The van der Waals surface area contributed by atoms with Gasteiger partial charge in [0.1, 0.15) is 6.42 Å². The zero-order chi connectivity index (χ0) is 13.9. The third-order valence-electron chi connectivity index (χ3n) is 2.00. The van der Waals surface area contributed by atoms with E-state index in [2.05, 4.69) is 9.72 Å². The summed E-state index contributed by atoms with van der Waals surface area (Å²) in [5, 5.41) is 10.6. The Bertz CT molecular complexity index is 496. The molecule has 0 aromatic carbocycles. The van der Waals surface area contributed by atoms with Crippen molar-refractivity contribution in [2.75, 3.05) is 7.11 Å². The molecule has 0 fully saturated rings. The molecular weight excluding hydrogens is 365 g/mol. The maximum Gasteiger partial charge on any atom is 0.364 e. The first kappa shape index (κ1) is 14.7. The van der Waals surface area contributed by atoms with Gasteiger partial charge in [-0.25, -0.2) is 8.78 Å². The van der Waals surface area contributed by atoms with Crippen molar-refractivity contribution in [3.63, 3.8) is 0 Å². The molecule has 0 saturated carbocycles. The SMILES string of the molecule is COC(=O)Cc1nc([N+](=O)[O-])cc(C(F)F)c1I. The van der Waals surface area contributed by atoms with Crippen LogP contribution in [0.4, 0.5) is 14.6 Å². The Balaban J connectivity index is 3.31. The van der Waals surface area contributed by atoms with Crippen molar-refractivity contribution in [3.05, 3.63) is 31.0 Å². The molecule has 1 aromatic heterocycles. The molecule has 0 saturated heterocycles. The molecule has 1 rings (SSSR count). The Hall–Kier alpha value is -1.39. The Morgan fingerprint density at radius 3 is 2.72 bits per heavy atom. The van der Waals surface area contributed by atoms with Gasteiger partial charge in [-0.2, -0.15) is 0 Å². The number of aromatic nitrogens is 1. The van der Waals surface area contributed by atoms with Crippen molar-refractivity contribution >= 4 is 34.4 Å². The Kier molecular flexibility index (Phi) is 4.87. The molecular formula is C9H7F2IN2O4. The van der Waals surface area contributed by atoms with Crippen LogP contribution in [0.1, 0.15) is 17.7 Å². The van der Waals surface area contributed by atoms with E-state index in [-0.39, 0.29) is 9.26 Å². The first-order chi connectivity index (χ1) is 8.36. The van der Waals surface area contributed by atoms with E-state index in [0.717, 1.165) is 7.11 Å². The Morgan fingerprint density at radius 2 is 2.28 bits per heavy atom. The number of hydrogen-bond acceptors (Lipinski definition) is 5. The fourth-order valence-corrected chi connectivity index (χ4v) is 1.87. The summed E-state index contributed by atoms with van der Waals surface area (Å²) in [4.78, 5) is 24.3. The van der Waals surface area contributed by atoms with Crippen LogP contribution in [-0.4, -0.2) is 23.0 Å². The van der Waals surface area contributed by atoms with Crippen molar-refractivity contribution in [1.82, 2.24) is 4.98 Å². The van der Waals surface area contributed by atoms with Crippen molar-refractivity contribution < 1.29 is 23.2 Å². The van der Waals surface area contributed by atoms with E-state index < -0.39 is 35.1 Å². The quantitative estimate of drug-likeness (QED) is 0.351. The van der Waals surface area contributed by atoms with Gasteiger partial charge in [0, 0.05) is 11.6 Å². The van der Waals surface area contributed by atoms with E-state index in [1.807, 2.05) is 0 Å². The number of nitrogens with zero attached hydrogens (tertiary/aromatic N) is 2. The van der Waals surface area contributed by atoms with Crippen LogP contribution in [0.15, 0.2) is 6.07 Å². The minimum Gasteiger partial charge on any atom is -0.469 e. The predicted molar refractivity (Wildman–Crippen MR) is 64.3 cm³/mol. The molecule has 1 heterocycles. The van der Waals surface area contributed by atoms with E-state index in [4.69, 9.17) is 0 Å². The van der Waals surface area contributed by atoms with Gasteiger partial charge < -0.3 is 14.9 Å². The topological polar surface area (TPSA) is 82.3 Å². The molecule has 6 nitrogen and oxygen atoms in total. The fraction of sp³-hybridized carbons (Fsp3) is 0.333. The van der Waals surface area contributed by atoms with Crippen LogP contribution < -0.4 is 0 Å². The number of nitro groups is 1. The molecule has 0 bridgehead atoms. The predicted octanol–water partition coefficient (Wildman–Crippen LogP) is 2.25. The molecule has 0 aliphatic heterocycles. The monoisotopic (exact) mass is 372 g/mol. The molecule has 98 valence electrons. The normalized spacial score (nSPS) is 10.5. The van der Waals surface area contributed by atoms with Crippen molar-refractivity contribution in [3.8, 4) is 0 Å². The molecule has 9 heteroatoms. The average molecular weight is 372 g/mol. The highest BCUT2D eigenvalue weighted by molar-refractivity contribution is 14.1. The summed E-state index contributed by atoms with van der Waals surface area (Å²) < 4.78 is 29.8. The van der Waals surface area contributed by atoms with Crippen molar-refractivity contribution in [2.45, 2.75) is 12.8 Å². The summed E-state index contributed by atoms with van der Waals surface area (Å²) >= 11 is 1.57. The standard InChI is InChI=1S/C9H7F2IN2O4/c1-18-7(15)3-5-8(12)4(9(10)11)2-6(13-5)14(16)17/h2,9H,3H2,1H3.